The van der Waals surface area contributed by atoms with Gasteiger partial charge in [-0.15, -0.1) is 11.8 Å². The van der Waals surface area contributed by atoms with Crippen LogP contribution in [0, 0.1) is 6.92 Å². The molecule has 0 heterocycles. The monoisotopic (exact) mass is 499 g/mol. The minimum atomic E-state index is -0.249. The number of carbonyl (C=O) groups excluding carboxylic acids is 1. The van der Waals surface area contributed by atoms with Gasteiger partial charge in [-0.3, -0.25) is 4.79 Å². The maximum Gasteiger partial charge on any atom is 0.237 e. The fourth-order valence-electron chi connectivity index (χ4n) is 2.61. The molecule has 3 aromatic carbocycles. The second-order valence-electron chi connectivity index (χ2n) is 6.73. The number of benzene rings is 3. The number of aryl methyl sites for hydroxylation is 1. The van der Waals surface area contributed by atoms with Gasteiger partial charge >= 0.3 is 0 Å². The first-order valence-corrected chi connectivity index (χ1v) is 11.4. The van der Waals surface area contributed by atoms with Crippen LogP contribution < -0.4 is 16.0 Å². The van der Waals surface area contributed by atoms with Gasteiger partial charge in [-0.2, -0.15) is 0 Å². The van der Waals surface area contributed by atoms with Crippen molar-refractivity contribution >= 4 is 68.0 Å². The van der Waals surface area contributed by atoms with Gasteiger partial charge in [-0.1, -0.05) is 39.7 Å². The lowest BCUT2D eigenvalue weighted by molar-refractivity contribution is -0.115. The molecule has 0 aliphatic carbocycles. The van der Waals surface area contributed by atoms with Gasteiger partial charge in [0.2, 0.25) is 5.91 Å². The number of rotatable bonds is 6. The Kier molecular flexibility index (Phi) is 7.90. The van der Waals surface area contributed by atoms with Crippen LogP contribution in [0.15, 0.2) is 82.2 Å². The van der Waals surface area contributed by atoms with Crippen LogP contribution in [0.5, 0.6) is 0 Å². The van der Waals surface area contributed by atoms with E-state index in [2.05, 4.69) is 31.9 Å². The predicted molar refractivity (Wildman–Crippen MR) is 136 cm³/mol. The summed E-state index contributed by atoms with van der Waals surface area (Å²) in [5.74, 6) is -0.0442. The van der Waals surface area contributed by atoms with Crippen molar-refractivity contribution in [2.24, 2.45) is 0 Å². The lowest BCUT2D eigenvalue weighted by Crippen LogP contribution is -2.22. The van der Waals surface area contributed by atoms with E-state index in [-0.39, 0.29) is 11.2 Å². The molecular weight excluding hydrogens is 478 g/mol. The summed E-state index contributed by atoms with van der Waals surface area (Å²) >= 11 is 10.3. The molecule has 3 aromatic rings. The number of nitrogens with one attached hydrogen (secondary N) is 3. The normalized spacial score (nSPS) is 11.4. The van der Waals surface area contributed by atoms with Crippen LogP contribution >= 0.6 is 39.9 Å². The quantitative estimate of drug-likeness (QED) is 0.260. The largest absolute Gasteiger partial charge is 0.332 e. The van der Waals surface area contributed by atoms with Crippen LogP contribution in [-0.4, -0.2) is 16.3 Å². The van der Waals surface area contributed by atoms with Crippen LogP contribution in [0.3, 0.4) is 0 Å². The second-order valence-corrected chi connectivity index (χ2v) is 9.47. The van der Waals surface area contributed by atoms with E-state index in [0.29, 0.717) is 5.11 Å². The molecule has 0 saturated carbocycles. The third-order valence-electron chi connectivity index (χ3n) is 4.20. The lowest BCUT2D eigenvalue weighted by Gasteiger charge is -2.14. The summed E-state index contributed by atoms with van der Waals surface area (Å²) in [7, 11) is 0. The molecule has 1 atom stereocenters. The number of thioether (sulfide) groups is 1. The first-order chi connectivity index (χ1) is 14.4. The third-order valence-corrected chi connectivity index (χ3v) is 6.02. The third kappa shape index (κ3) is 6.86. The Hall–Kier alpha value is -2.35. The van der Waals surface area contributed by atoms with Crippen molar-refractivity contribution in [1.29, 1.82) is 0 Å². The molecule has 0 radical (unpaired) electrons. The van der Waals surface area contributed by atoms with Crippen molar-refractivity contribution < 1.29 is 4.79 Å². The molecule has 154 valence electrons. The Morgan fingerprint density at radius 1 is 0.900 bits per heavy atom. The average molecular weight is 500 g/mol. The topological polar surface area (TPSA) is 53.2 Å². The number of anilines is 3. The van der Waals surface area contributed by atoms with Crippen molar-refractivity contribution in [3.8, 4) is 0 Å². The molecule has 4 nitrogen and oxygen atoms in total. The van der Waals surface area contributed by atoms with Crippen molar-refractivity contribution in [2.75, 3.05) is 16.0 Å². The van der Waals surface area contributed by atoms with E-state index in [0.717, 1.165) is 26.4 Å². The van der Waals surface area contributed by atoms with E-state index in [4.69, 9.17) is 12.2 Å². The number of hydrogen-bond acceptors (Lipinski definition) is 3. The molecule has 1 amide bonds. The molecule has 3 N–H and O–H groups in total. The van der Waals surface area contributed by atoms with Gasteiger partial charge in [-0.05, 0) is 80.7 Å². The average Bonchev–Trinajstić information content (AvgIpc) is 2.71. The van der Waals surface area contributed by atoms with Crippen molar-refractivity contribution in [3.63, 3.8) is 0 Å². The van der Waals surface area contributed by atoms with Crippen molar-refractivity contribution in [3.05, 3.63) is 82.8 Å². The molecule has 30 heavy (non-hydrogen) atoms. The number of carbonyl (C=O) groups is 1. The minimum Gasteiger partial charge on any atom is -0.332 e. The van der Waals surface area contributed by atoms with E-state index in [1.54, 1.807) is 0 Å². The van der Waals surface area contributed by atoms with E-state index in [1.807, 2.05) is 86.6 Å². The first-order valence-electron chi connectivity index (χ1n) is 9.37. The molecule has 7 heteroatoms. The zero-order valence-electron chi connectivity index (χ0n) is 16.6. The van der Waals surface area contributed by atoms with E-state index in [1.165, 1.54) is 17.3 Å². The molecule has 0 aromatic heterocycles. The highest BCUT2D eigenvalue weighted by Gasteiger charge is 2.15. The Morgan fingerprint density at radius 2 is 1.50 bits per heavy atom. The molecule has 0 aliphatic rings. The number of amides is 1. The Labute approximate surface area is 195 Å². The van der Waals surface area contributed by atoms with Gasteiger partial charge in [0, 0.05) is 26.4 Å². The molecule has 0 spiro atoms. The van der Waals surface area contributed by atoms with E-state index in [9.17, 15) is 4.79 Å². The van der Waals surface area contributed by atoms with Gasteiger partial charge in [-0.25, -0.2) is 0 Å². The van der Waals surface area contributed by atoms with Crippen molar-refractivity contribution in [2.45, 2.75) is 24.0 Å². The van der Waals surface area contributed by atoms with Crippen LogP contribution in [-0.2, 0) is 4.79 Å². The first kappa shape index (κ1) is 22.3. The smallest absolute Gasteiger partial charge is 0.237 e. The van der Waals surface area contributed by atoms with Gasteiger partial charge in [0.15, 0.2) is 5.11 Å². The standard InChI is InChI=1S/C23H22BrN3OS2/c1-15-6-10-19(11-7-15)26-23(29)27-20-4-3-5-21(14-20)30-16(2)22(28)25-18-12-8-17(24)9-13-18/h3-14,16H,1-2H3,(H,25,28)(H2,26,27,29). The van der Waals surface area contributed by atoms with Crippen LogP contribution in [0.4, 0.5) is 17.1 Å². The number of hydrogen-bond donors (Lipinski definition) is 3. The van der Waals surface area contributed by atoms with Gasteiger partial charge in [0.25, 0.3) is 0 Å². The second kappa shape index (κ2) is 10.6. The molecule has 0 saturated heterocycles. The highest BCUT2D eigenvalue weighted by atomic mass is 79.9. The zero-order valence-corrected chi connectivity index (χ0v) is 19.8. The zero-order chi connectivity index (χ0) is 21.5. The van der Waals surface area contributed by atoms with Gasteiger partial charge < -0.3 is 16.0 Å². The van der Waals surface area contributed by atoms with Crippen LogP contribution in [0.1, 0.15) is 12.5 Å². The maximum absolute atomic E-state index is 12.5. The summed E-state index contributed by atoms with van der Waals surface area (Å²) in [6.45, 7) is 3.94. The summed E-state index contributed by atoms with van der Waals surface area (Å²) in [6.07, 6.45) is 0. The van der Waals surface area contributed by atoms with E-state index < -0.39 is 0 Å². The fraction of sp³-hybridized carbons (Fsp3) is 0.130. The molecule has 0 aliphatic heterocycles. The lowest BCUT2D eigenvalue weighted by atomic mass is 10.2. The predicted octanol–water partition coefficient (Wildman–Crippen LogP) is 6.69. The number of halogens is 1. The number of thiocarbonyl (C=S) groups is 1. The molecular formula is C23H22BrN3OS2. The summed E-state index contributed by atoms with van der Waals surface area (Å²) in [4.78, 5) is 13.5. The Morgan fingerprint density at radius 3 is 2.20 bits per heavy atom. The Bertz CT molecular complexity index is 1020. The highest BCUT2D eigenvalue weighted by molar-refractivity contribution is 9.10. The summed E-state index contributed by atoms with van der Waals surface area (Å²) in [5.41, 5.74) is 3.77. The van der Waals surface area contributed by atoms with Gasteiger partial charge in [0.05, 0.1) is 5.25 Å². The highest BCUT2D eigenvalue weighted by Crippen LogP contribution is 2.27. The summed E-state index contributed by atoms with van der Waals surface area (Å²) in [5, 5.41) is 9.58. The van der Waals surface area contributed by atoms with Gasteiger partial charge in [0.1, 0.15) is 0 Å². The SMILES string of the molecule is Cc1ccc(NC(=S)Nc2cccc(SC(C)C(=O)Nc3ccc(Br)cc3)c2)cc1. The van der Waals surface area contributed by atoms with Crippen LogP contribution in [0.25, 0.3) is 0 Å². The van der Waals surface area contributed by atoms with Crippen LogP contribution in [0.2, 0.25) is 0 Å². The minimum absolute atomic E-state index is 0.0442. The molecule has 3 rings (SSSR count). The van der Waals surface area contributed by atoms with Crippen molar-refractivity contribution in [1.82, 2.24) is 0 Å². The fourth-order valence-corrected chi connectivity index (χ4v) is 4.04. The molecule has 1 unspecified atom stereocenters. The van der Waals surface area contributed by atoms with E-state index >= 15 is 0 Å². The molecule has 0 bridgehead atoms. The summed E-state index contributed by atoms with van der Waals surface area (Å²) in [6, 6.07) is 23.4. The Balaban J connectivity index is 1.56. The summed E-state index contributed by atoms with van der Waals surface area (Å²) < 4.78 is 0.974. The maximum atomic E-state index is 12.5. The molecule has 0 fully saturated rings.